The second-order valence-corrected chi connectivity index (χ2v) is 4.03. The average Bonchev–Trinajstić information content (AvgIpc) is 2.50. The van der Waals surface area contributed by atoms with Crippen molar-refractivity contribution in [2.75, 3.05) is 0 Å². The third kappa shape index (κ3) is 1.87. The Bertz CT molecular complexity index is 680. The Balaban J connectivity index is 3.03. The van der Waals surface area contributed by atoms with E-state index in [0.29, 0.717) is 0 Å². The summed E-state index contributed by atoms with van der Waals surface area (Å²) < 4.78 is 80.4. The van der Waals surface area contributed by atoms with E-state index in [2.05, 4.69) is 0 Å². The summed E-state index contributed by atoms with van der Waals surface area (Å²) in [4.78, 5) is 0. The first kappa shape index (κ1) is 15.6. The highest BCUT2D eigenvalue weighted by atomic mass is 19.2. The number of halogens is 6. The molecule has 4 nitrogen and oxygen atoms in total. The van der Waals surface area contributed by atoms with Crippen LogP contribution in [0.2, 0.25) is 0 Å². The Hall–Kier alpha value is -2.78. The first-order valence-electron chi connectivity index (χ1n) is 5.28. The molecule has 4 N–H and O–H groups in total. The highest BCUT2D eigenvalue weighted by Crippen LogP contribution is 2.46. The Labute approximate surface area is 117 Å². The predicted octanol–water partition coefficient (Wildman–Crippen LogP) is 3.01. The monoisotopic (exact) mass is 326 g/mol. The van der Waals surface area contributed by atoms with E-state index in [-0.39, 0.29) is 0 Å². The number of phenols is 4. The molecular formula is C12H4F6O4. The average molecular weight is 326 g/mol. The second-order valence-electron chi connectivity index (χ2n) is 4.03. The molecule has 0 bridgehead atoms. The van der Waals surface area contributed by atoms with Gasteiger partial charge in [-0.3, -0.25) is 0 Å². The molecule has 2 aromatic rings. The molecule has 118 valence electrons. The minimum absolute atomic E-state index is 1.75. The molecule has 0 amide bonds. The lowest BCUT2D eigenvalue weighted by Crippen LogP contribution is -2.01. The summed E-state index contributed by atoms with van der Waals surface area (Å²) in [6.45, 7) is 0. The zero-order valence-electron chi connectivity index (χ0n) is 10.1. The van der Waals surface area contributed by atoms with Crippen LogP contribution in [0.25, 0.3) is 11.1 Å². The van der Waals surface area contributed by atoms with Crippen molar-refractivity contribution in [3.8, 4) is 34.1 Å². The molecule has 2 aromatic carbocycles. The maximum absolute atomic E-state index is 13.7. The van der Waals surface area contributed by atoms with Crippen LogP contribution in [0.15, 0.2) is 0 Å². The summed E-state index contributed by atoms with van der Waals surface area (Å²) in [5, 5.41) is 36.3. The van der Waals surface area contributed by atoms with Crippen LogP contribution in [0.3, 0.4) is 0 Å². The van der Waals surface area contributed by atoms with Gasteiger partial charge in [-0.05, 0) is 0 Å². The number of benzene rings is 2. The molecule has 10 heteroatoms. The minimum Gasteiger partial charge on any atom is -0.504 e. The summed E-state index contributed by atoms with van der Waals surface area (Å²) in [5.74, 6) is -21.2. The summed E-state index contributed by atoms with van der Waals surface area (Å²) in [7, 11) is 0. The van der Waals surface area contributed by atoms with Crippen LogP contribution in [0.4, 0.5) is 26.3 Å². The number of rotatable bonds is 1. The normalized spacial score (nSPS) is 11.0. The van der Waals surface area contributed by atoms with Crippen LogP contribution in [0.5, 0.6) is 23.0 Å². The van der Waals surface area contributed by atoms with E-state index in [0.717, 1.165) is 0 Å². The van der Waals surface area contributed by atoms with Gasteiger partial charge in [0.15, 0.2) is 40.4 Å². The topological polar surface area (TPSA) is 80.9 Å². The molecule has 0 unspecified atom stereocenters. The van der Waals surface area contributed by atoms with Gasteiger partial charge >= 0.3 is 0 Å². The van der Waals surface area contributed by atoms with Gasteiger partial charge in [0.05, 0.1) is 11.1 Å². The molecule has 0 aliphatic rings. The van der Waals surface area contributed by atoms with Crippen molar-refractivity contribution in [2.24, 2.45) is 0 Å². The smallest absolute Gasteiger partial charge is 0.212 e. The van der Waals surface area contributed by atoms with Gasteiger partial charge < -0.3 is 20.4 Å². The van der Waals surface area contributed by atoms with Gasteiger partial charge in [-0.1, -0.05) is 0 Å². The van der Waals surface area contributed by atoms with Crippen LogP contribution in [-0.4, -0.2) is 20.4 Å². The van der Waals surface area contributed by atoms with Gasteiger partial charge in [-0.2, -0.15) is 13.2 Å². The van der Waals surface area contributed by atoms with Crippen molar-refractivity contribution in [1.82, 2.24) is 0 Å². The van der Waals surface area contributed by atoms with Crippen LogP contribution in [-0.2, 0) is 0 Å². The molecule has 22 heavy (non-hydrogen) atoms. The Kier molecular flexibility index (Phi) is 3.47. The van der Waals surface area contributed by atoms with E-state index in [1.54, 1.807) is 0 Å². The minimum atomic E-state index is -2.25. The van der Waals surface area contributed by atoms with Gasteiger partial charge in [-0.25, -0.2) is 13.2 Å². The highest BCUT2D eigenvalue weighted by Gasteiger charge is 2.33. The molecule has 0 spiro atoms. The van der Waals surface area contributed by atoms with Crippen LogP contribution >= 0.6 is 0 Å². The first-order valence-corrected chi connectivity index (χ1v) is 5.28. The molecule has 2 rings (SSSR count). The van der Waals surface area contributed by atoms with Gasteiger partial charge in [0.25, 0.3) is 0 Å². The van der Waals surface area contributed by atoms with Crippen molar-refractivity contribution >= 4 is 0 Å². The summed E-state index contributed by atoms with van der Waals surface area (Å²) in [6, 6.07) is 0. The molecule has 0 saturated carbocycles. The molecule has 0 radical (unpaired) electrons. The Morgan fingerprint density at radius 2 is 0.682 bits per heavy atom. The van der Waals surface area contributed by atoms with Crippen molar-refractivity contribution in [1.29, 1.82) is 0 Å². The fourth-order valence-electron chi connectivity index (χ4n) is 1.72. The lowest BCUT2D eigenvalue weighted by atomic mass is 10.00. The van der Waals surface area contributed by atoms with Gasteiger partial charge in [0.2, 0.25) is 17.5 Å². The molecule has 0 aliphatic carbocycles. The van der Waals surface area contributed by atoms with E-state index < -0.39 is 69.0 Å². The summed E-state index contributed by atoms with van der Waals surface area (Å²) in [6.07, 6.45) is 0. The summed E-state index contributed by atoms with van der Waals surface area (Å²) >= 11 is 0. The maximum atomic E-state index is 13.7. The zero-order chi connectivity index (χ0) is 16.9. The second kappa shape index (κ2) is 4.90. The lowest BCUT2D eigenvalue weighted by Gasteiger charge is -2.13. The molecule has 0 heterocycles. The Morgan fingerprint density at radius 3 is 1.14 bits per heavy atom. The van der Waals surface area contributed by atoms with Crippen LogP contribution < -0.4 is 0 Å². The molecule has 0 fully saturated rings. The van der Waals surface area contributed by atoms with Gasteiger partial charge in [0, 0.05) is 0 Å². The molecular weight excluding hydrogens is 322 g/mol. The van der Waals surface area contributed by atoms with Crippen molar-refractivity contribution in [2.45, 2.75) is 0 Å². The van der Waals surface area contributed by atoms with Crippen molar-refractivity contribution in [3.05, 3.63) is 34.9 Å². The Morgan fingerprint density at radius 1 is 0.364 bits per heavy atom. The fourth-order valence-corrected chi connectivity index (χ4v) is 1.72. The van der Waals surface area contributed by atoms with E-state index in [1.807, 2.05) is 0 Å². The van der Waals surface area contributed by atoms with Crippen molar-refractivity contribution in [3.63, 3.8) is 0 Å². The lowest BCUT2D eigenvalue weighted by molar-refractivity contribution is 0.343. The number of aromatic hydroxyl groups is 4. The van der Waals surface area contributed by atoms with Gasteiger partial charge in [0.1, 0.15) is 0 Å². The third-order valence-corrected chi connectivity index (χ3v) is 2.79. The van der Waals surface area contributed by atoms with E-state index in [1.165, 1.54) is 0 Å². The maximum Gasteiger partial charge on any atom is 0.212 e. The van der Waals surface area contributed by atoms with Crippen LogP contribution in [0, 0.1) is 34.9 Å². The largest absolute Gasteiger partial charge is 0.504 e. The van der Waals surface area contributed by atoms with Crippen molar-refractivity contribution < 1.29 is 46.8 Å². The molecule has 0 aromatic heterocycles. The molecule has 0 saturated heterocycles. The van der Waals surface area contributed by atoms with E-state index in [9.17, 15) is 31.4 Å². The molecule has 0 atom stereocenters. The summed E-state index contributed by atoms with van der Waals surface area (Å²) in [5.41, 5.74) is -3.56. The van der Waals surface area contributed by atoms with E-state index >= 15 is 0 Å². The fraction of sp³-hybridized carbons (Fsp3) is 0. The number of hydrogen-bond donors (Lipinski definition) is 4. The highest BCUT2D eigenvalue weighted by molar-refractivity contribution is 5.76. The quantitative estimate of drug-likeness (QED) is 0.369. The first-order chi connectivity index (χ1) is 10.1. The van der Waals surface area contributed by atoms with Crippen LogP contribution in [0.1, 0.15) is 0 Å². The predicted molar refractivity (Wildman–Crippen MR) is 58.3 cm³/mol. The SMILES string of the molecule is Oc1c(F)c(F)c(O)c(-c2c(F)c(O)c(F)c(O)c2F)c1F. The zero-order valence-corrected chi connectivity index (χ0v) is 10.1. The standard InChI is InChI=1S/C12H4F6O4/c13-3-1(4(14)12(22)8(18)11(3)21)2-5(15)10(20)7(17)6(16)9(2)19/h19-22H. The third-order valence-electron chi connectivity index (χ3n) is 2.79. The van der Waals surface area contributed by atoms with E-state index in [4.69, 9.17) is 15.3 Å². The number of hydrogen-bond acceptors (Lipinski definition) is 4. The number of phenolic OH excluding ortho intramolecular Hbond substituents is 4. The molecule has 0 aliphatic heterocycles. The van der Waals surface area contributed by atoms with Gasteiger partial charge in [-0.15, -0.1) is 0 Å².